The predicted octanol–water partition coefficient (Wildman–Crippen LogP) is 3.28. The molecule has 1 aromatic heterocycles. The first-order chi connectivity index (χ1) is 12.4. The molecule has 5 rings (SSSR count). The van der Waals surface area contributed by atoms with Crippen LogP contribution in [0, 0.1) is 11.8 Å². The number of nitrogens with one attached hydrogen (secondary N) is 2. The third-order valence-electron chi connectivity index (χ3n) is 6.25. The van der Waals surface area contributed by atoms with E-state index in [1.54, 1.807) is 0 Å². The lowest BCUT2D eigenvalue weighted by molar-refractivity contribution is 0.118. The van der Waals surface area contributed by atoms with E-state index in [2.05, 4.69) is 57.3 Å². The molecule has 3 unspecified atom stereocenters. The number of hydrogen-bond acceptors (Lipinski definition) is 5. The first kappa shape index (κ1) is 15.9. The molecule has 2 saturated heterocycles. The maximum atomic E-state index is 4.65. The Balaban J connectivity index is 1.25. The summed E-state index contributed by atoms with van der Waals surface area (Å²) >= 11 is 1.84. The van der Waals surface area contributed by atoms with Gasteiger partial charge in [0.05, 0.1) is 0 Å². The van der Waals surface area contributed by atoms with Crippen molar-refractivity contribution in [2.75, 3.05) is 13.1 Å². The average molecular weight is 355 g/mol. The van der Waals surface area contributed by atoms with Crippen molar-refractivity contribution in [3.05, 3.63) is 41.4 Å². The van der Waals surface area contributed by atoms with Crippen LogP contribution in [-0.2, 0) is 6.54 Å². The normalized spacial score (nSPS) is 30.2. The number of fused-ring (bicyclic) bond motifs is 1. The molecule has 1 saturated carbocycles. The van der Waals surface area contributed by atoms with E-state index >= 15 is 0 Å². The molecule has 3 aliphatic rings. The van der Waals surface area contributed by atoms with Crippen molar-refractivity contribution >= 4 is 11.3 Å². The lowest BCUT2D eigenvalue weighted by Gasteiger charge is -2.40. The van der Waals surface area contributed by atoms with Crippen LogP contribution in [-0.4, -0.2) is 35.1 Å². The van der Waals surface area contributed by atoms with Crippen LogP contribution in [0.5, 0.6) is 0 Å². The average Bonchev–Trinajstić information content (AvgIpc) is 3.22. The van der Waals surface area contributed by atoms with E-state index < -0.39 is 0 Å². The molecule has 2 aromatic rings. The van der Waals surface area contributed by atoms with Crippen LogP contribution in [0.15, 0.2) is 36.5 Å². The Bertz CT molecular complexity index is 711. The zero-order valence-electron chi connectivity index (χ0n) is 14.5. The molecule has 2 N–H and O–H groups in total. The molecule has 3 atom stereocenters. The Morgan fingerprint density at radius 3 is 2.80 bits per heavy atom. The molecular weight excluding hydrogens is 328 g/mol. The second kappa shape index (κ2) is 6.80. The topological polar surface area (TPSA) is 40.2 Å². The molecule has 1 aliphatic carbocycles. The van der Waals surface area contributed by atoms with Crippen LogP contribution in [0.25, 0.3) is 10.6 Å². The fourth-order valence-electron chi connectivity index (χ4n) is 4.63. The number of benzene rings is 1. The van der Waals surface area contributed by atoms with E-state index in [4.69, 9.17) is 0 Å². The lowest BCUT2D eigenvalue weighted by atomic mass is 9.73. The van der Waals surface area contributed by atoms with Crippen LogP contribution < -0.4 is 10.9 Å². The molecule has 3 fully saturated rings. The zero-order valence-corrected chi connectivity index (χ0v) is 15.3. The minimum atomic E-state index is 0.670. The van der Waals surface area contributed by atoms with Crippen molar-refractivity contribution in [3.8, 4) is 10.6 Å². The SMILES string of the molecule is c1ccc(-c2ncc(CN3CCC4NNC(C5CCC5)C4C3)s2)cc1. The highest BCUT2D eigenvalue weighted by molar-refractivity contribution is 7.15. The van der Waals surface area contributed by atoms with Gasteiger partial charge in [-0.15, -0.1) is 11.3 Å². The van der Waals surface area contributed by atoms with Gasteiger partial charge >= 0.3 is 0 Å². The summed E-state index contributed by atoms with van der Waals surface area (Å²) in [7, 11) is 0. The number of likely N-dealkylation sites (tertiary alicyclic amines) is 1. The van der Waals surface area contributed by atoms with Gasteiger partial charge in [0.15, 0.2) is 0 Å². The van der Waals surface area contributed by atoms with Crippen molar-refractivity contribution in [2.45, 2.75) is 44.3 Å². The van der Waals surface area contributed by atoms with Crippen molar-refractivity contribution in [1.29, 1.82) is 0 Å². The second-order valence-corrected chi connectivity index (χ2v) is 8.91. The first-order valence-corrected chi connectivity index (χ1v) is 10.4. The van der Waals surface area contributed by atoms with Gasteiger partial charge in [-0.05, 0) is 25.2 Å². The number of hydrogen-bond donors (Lipinski definition) is 2. The molecule has 0 amide bonds. The zero-order chi connectivity index (χ0) is 16.6. The van der Waals surface area contributed by atoms with Gasteiger partial charge < -0.3 is 0 Å². The highest BCUT2D eigenvalue weighted by Gasteiger charge is 2.44. The standard InChI is InChI=1S/C20H26N4S/c1-2-5-15(6-3-1)20-21-11-16(25-20)12-24-10-9-18-17(13-24)19(23-22-18)14-7-4-8-14/h1-3,5-6,11,14,17-19,22-23H,4,7-10,12-13H2. The van der Waals surface area contributed by atoms with E-state index in [-0.39, 0.29) is 0 Å². The van der Waals surface area contributed by atoms with Gasteiger partial charge in [0.2, 0.25) is 0 Å². The largest absolute Gasteiger partial charge is 0.298 e. The summed E-state index contributed by atoms with van der Waals surface area (Å²) < 4.78 is 0. The van der Waals surface area contributed by atoms with Crippen LogP contribution in [0.3, 0.4) is 0 Å². The summed E-state index contributed by atoms with van der Waals surface area (Å²) in [6, 6.07) is 11.9. The molecule has 2 aliphatic heterocycles. The minimum absolute atomic E-state index is 0.670. The lowest BCUT2D eigenvalue weighted by Crippen LogP contribution is -2.48. The summed E-state index contributed by atoms with van der Waals surface area (Å²) in [6.07, 6.45) is 7.58. The van der Waals surface area contributed by atoms with E-state index in [0.29, 0.717) is 12.1 Å². The van der Waals surface area contributed by atoms with Crippen LogP contribution >= 0.6 is 11.3 Å². The molecule has 25 heavy (non-hydrogen) atoms. The number of rotatable bonds is 4. The summed E-state index contributed by atoms with van der Waals surface area (Å²) in [6.45, 7) is 3.45. The van der Waals surface area contributed by atoms with Gasteiger partial charge in [0.25, 0.3) is 0 Å². The van der Waals surface area contributed by atoms with Crippen molar-refractivity contribution < 1.29 is 0 Å². The maximum absolute atomic E-state index is 4.65. The van der Waals surface area contributed by atoms with Gasteiger partial charge in [-0.25, -0.2) is 4.98 Å². The smallest absolute Gasteiger partial charge is 0.123 e. The van der Waals surface area contributed by atoms with Crippen molar-refractivity contribution in [1.82, 2.24) is 20.7 Å². The number of piperidine rings is 1. The molecule has 5 heteroatoms. The fourth-order valence-corrected chi connectivity index (χ4v) is 5.59. The predicted molar refractivity (Wildman–Crippen MR) is 102 cm³/mol. The fraction of sp³-hybridized carbons (Fsp3) is 0.550. The second-order valence-electron chi connectivity index (χ2n) is 7.80. The molecule has 132 valence electrons. The van der Waals surface area contributed by atoms with E-state index in [1.807, 2.05) is 11.3 Å². The number of nitrogens with zero attached hydrogens (tertiary/aromatic N) is 2. The van der Waals surface area contributed by atoms with E-state index in [0.717, 1.165) is 23.4 Å². The van der Waals surface area contributed by atoms with Gasteiger partial charge in [-0.1, -0.05) is 36.8 Å². The molecule has 1 aromatic carbocycles. The Kier molecular flexibility index (Phi) is 4.34. The quantitative estimate of drug-likeness (QED) is 0.884. The molecule has 3 heterocycles. The Morgan fingerprint density at radius 2 is 2.00 bits per heavy atom. The molecule has 0 spiro atoms. The van der Waals surface area contributed by atoms with Crippen LogP contribution in [0.4, 0.5) is 0 Å². The summed E-state index contributed by atoms with van der Waals surface area (Å²) in [5, 5.41) is 1.14. The van der Waals surface area contributed by atoms with E-state index in [1.165, 1.54) is 49.2 Å². The Labute approximate surface area is 153 Å². The summed E-state index contributed by atoms with van der Waals surface area (Å²) in [5.74, 6) is 1.66. The summed E-state index contributed by atoms with van der Waals surface area (Å²) in [4.78, 5) is 8.68. The number of hydrazine groups is 1. The first-order valence-electron chi connectivity index (χ1n) is 9.60. The van der Waals surface area contributed by atoms with Gasteiger partial charge in [0.1, 0.15) is 5.01 Å². The highest BCUT2D eigenvalue weighted by atomic mass is 32.1. The summed E-state index contributed by atoms with van der Waals surface area (Å²) in [5.41, 5.74) is 8.43. The third kappa shape index (κ3) is 3.14. The number of thiazole rings is 1. The highest BCUT2D eigenvalue weighted by Crippen LogP contribution is 2.38. The monoisotopic (exact) mass is 354 g/mol. The number of aromatic nitrogens is 1. The van der Waals surface area contributed by atoms with Crippen molar-refractivity contribution in [2.24, 2.45) is 11.8 Å². The maximum Gasteiger partial charge on any atom is 0.123 e. The third-order valence-corrected chi connectivity index (χ3v) is 7.28. The minimum Gasteiger partial charge on any atom is -0.298 e. The Morgan fingerprint density at radius 1 is 1.12 bits per heavy atom. The Hall–Kier alpha value is -1.27. The molecular formula is C20H26N4S. The van der Waals surface area contributed by atoms with E-state index in [9.17, 15) is 0 Å². The molecule has 0 bridgehead atoms. The van der Waals surface area contributed by atoms with Crippen molar-refractivity contribution in [3.63, 3.8) is 0 Å². The van der Waals surface area contributed by atoms with Gasteiger partial charge in [-0.2, -0.15) is 0 Å². The van der Waals surface area contributed by atoms with Gasteiger partial charge in [0, 0.05) is 54.3 Å². The van der Waals surface area contributed by atoms with Crippen LogP contribution in [0.2, 0.25) is 0 Å². The molecule has 4 nitrogen and oxygen atoms in total. The van der Waals surface area contributed by atoms with Crippen LogP contribution in [0.1, 0.15) is 30.6 Å². The molecule has 0 radical (unpaired) electrons. The van der Waals surface area contributed by atoms with Gasteiger partial charge in [-0.3, -0.25) is 15.8 Å².